The molecule has 0 fully saturated rings. The minimum atomic E-state index is -3.48. The average molecular weight is 294 g/mol. The van der Waals surface area contributed by atoms with Crippen LogP contribution in [0, 0.1) is 6.92 Å². The number of benzene rings is 1. The molecule has 0 atom stereocenters. The van der Waals surface area contributed by atoms with Gasteiger partial charge in [0.05, 0.1) is 12.0 Å². The van der Waals surface area contributed by atoms with Gasteiger partial charge in [0, 0.05) is 25.5 Å². The van der Waals surface area contributed by atoms with E-state index in [1.807, 2.05) is 36.0 Å². The number of aromatic nitrogens is 1. The van der Waals surface area contributed by atoms with Crippen LogP contribution < -0.4 is 9.46 Å². The molecule has 0 saturated carbocycles. The first kappa shape index (κ1) is 14.6. The molecule has 0 aliphatic heterocycles. The molecule has 0 bridgehead atoms. The van der Waals surface area contributed by atoms with Gasteiger partial charge < -0.3 is 9.30 Å². The first-order chi connectivity index (χ1) is 9.53. The highest BCUT2D eigenvalue weighted by atomic mass is 32.2. The summed E-state index contributed by atoms with van der Waals surface area (Å²) in [6.45, 7) is 2.77. The van der Waals surface area contributed by atoms with E-state index >= 15 is 0 Å². The standard InChI is InChI=1S/C14H18N2O3S/c1-12-11-13(5-6-14(12)19-2)20(17,18)15-7-10-16-8-3-4-9-16/h3-6,8-9,11,15H,7,10H2,1-2H3. The van der Waals surface area contributed by atoms with Gasteiger partial charge in [0.15, 0.2) is 0 Å². The molecular weight excluding hydrogens is 276 g/mol. The van der Waals surface area contributed by atoms with Gasteiger partial charge in [0.1, 0.15) is 5.75 Å². The lowest BCUT2D eigenvalue weighted by atomic mass is 10.2. The highest BCUT2D eigenvalue weighted by Gasteiger charge is 2.14. The molecule has 1 heterocycles. The molecule has 2 rings (SSSR count). The molecule has 108 valence electrons. The number of methoxy groups -OCH3 is 1. The fourth-order valence-corrected chi connectivity index (χ4v) is 3.04. The van der Waals surface area contributed by atoms with Crippen molar-refractivity contribution in [3.05, 3.63) is 48.3 Å². The van der Waals surface area contributed by atoms with Crippen LogP contribution in [0.5, 0.6) is 5.75 Å². The molecule has 0 saturated heterocycles. The van der Waals surface area contributed by atoms with E-state index in [1.54, 1.807) is 25.3 Å². The smallest absolute Gasteiger partial charge is 0.240 e. The van der Waals surface area contributed by atoms with Crippen LogP contribution in [0.2, 0.25) is 0 Å². The van der Waals surface area contributed by atoms with E-state index < -0.39 is 10.0 Å². The van der Waals surface area contributed by atoms with Crippen molar-refractivity contribution in [2.75, 3.05) is 13.7 Å². The van der Waals surface area contributed by atoms with E-state index in [2.05, 4.69) is 4.72 Å². The lowest BCUT2D eigenvalue weighted by Gasteiger charge is -2.10. The third kappa shape index (κ3) is 3.40. The Morgan fingerprint density at radius 3 is 2.55 bits per heavy atom. The third-order valence-electron chi connectivity index (χ3n) is 3.00. The van der Waals surface area contributed by atoms with E-state index in [9.17, 15) is 8.42 Å². The number of nitrogens with zero attached hydrogens (tertiary/aromatic N) is 1. The number of ether oxygens (including phenoxy) is 1. The summed E-state index contributed by atoms with van der Waals surface area (Å²) in [7, 11) is -1.92. The molecule has 20 heavy (non-hydrogen) atoms. The van der Waals surface area contributed by atoms with Crippen molar-refractivity contribution in [1.29, 1.82) is 0 Å². The summed E-state index contributed by atoms with van der Waals surface area (Å²) >= 11 is 0. The van der Waals surface area contributed by atoms with Crippen molar-refractivity contribution in [2.45, 2.75) is 18.4 Å². The maximum Gasteiger partial charge on any atom is 0.240 e. The van der Waals surface area contributed by atoms with Gasteiger partial charge in [-0.1, -0.05) is 0 Å². The molecule has 5 nitrogen and oxygen atoms in total. The van der Waals surface area contributed by atoms with Crippen molar-refractivity contribution < 1.29 is 13.2 Å². The summed E-state index contributed by atoms with van der Waals surface area (Å²) < 4.78 is 33.9. The molecule has 6 heteroatoms. The summed E-state index contributed by atoms with van der Waals surface area (Å²) in [5.74, 6) is 0.677. The van der Waals surface area contributed by atoms with Crippen molar-refractivity contribution in [2.24, 2.45) is 0 Å². The van der Waals surface area contributed by atoms with Gasteiger partial charge in [-0.3, -0.25) is 0 Å². The first-order valence-electron chi connectivity index (χ1n) is 6.28. The molecule has 1 aromatic carbocycles. The largest absolute Gasteiger partial charge is 0.496 e. The number of nitrogens with one attached hydrogen (secondary N) is 1. The Bertz CT molecular complexity index is 664. The highest BCUT2D eigenvalue weighted by molar-refractivity contribution is 7.89. The molecule has 2 aromatic rings. The van der Waals surface area contributed by atoms with E-state index in [1.165, 1.54) is 0 Å². The molecule has 0 aliphatic carbocycles. The molecule has 0 aliphatic rings. The van der Waals surface area contributed by atoms with Crippen LogP contribution in [-0.4, -0.2) is 26.6 Å². The normalized spacial score (nSPS) is 11.5. The Morgan fingerprint density at radius 2 is 1.95 bits per heavy atom. The molecular formula is C14H18N2O3S. The summed E-state index contributed by atoms with van der Waals surface area (Å²) in [6.07, 6.45) is 3.79. The van der Waals surface area contributed by atoms with Crippen molar-refractivity contribution >= 4 is 10.0 Å². The summed E-state index contributed by atoms with van der Waals surface area (Å²) in [5.41, 5.74) is 0.792. The molecule has 0 unspecified atom stereocenters. The second kappa shape index (κ2) is 6.11. The lowest BCUT2D eigenvalue weighted by Crippen LogP contribution is -2.27. The first-order valence-corrected chi connectivity index (χ1v) is 7.76. The minimum absolute atomic E-state index is 0.253. The zero-order chi connectivity index (χ0) is 14.6. The van der Waals surface area contributed by atoms with Crippen LogP contribution in [0.1, 0.15) is 5.56 Å². The zero-order valence-electron chi connectivity index (χ0n) is 11.5. The predicted octanol–water partition coefficient (Wildman–Crippen LogP) is 1.78. The lowest BCUT2D eigenvalue weighted by molar-refractivity contribution is 0.411. The van der Waals surface area contributed by atoms with Gasteiger partial charge in [-0.25, -0.2) is 13.1 Å². The van der Waals surface area contributed by atoms with Crippen LogP contribution in [0.4, 0.5) is 0 Å². The molecule has 0 radical (unpaired) electrons. The number of aryl methyl sites for hydroxylation is 1. The van der Waals surface area contributed by atoms with Gasteiger partial charge >= 0.3 is 0 Å². The Kier molecular flexibility index (Phi) is 4.46. The van der Waals surface area contributed by atoms with Gasteiger partial charge in [0.2, 0.25) is 10.0 Å². The van der Waals surface area contributed by atoms with Crippen molar-refractivity contribution in [1.82, 2.24) is 9.29 Å². The fraction of sp³-hybridized carbons (Fsp3) is 0.286. The van der Waals surface area contributed by atoms with E-state index in [0.717, 1.165) is 5.56 Å². The van der Waals surface area contributed by atoms with Crippen LogP contribution in [0.3, 0.4) is 0 Å². The van der Waals surface area contributed by atoms with Crippen LogP contribution in [-0.2, 0) is 16.6 Å². The SMILES string of the molecule is COc1ccc(S(=O)(=O)NCCn2cccc2)cc1C. The average Bonchev–Trinajstić information content (AvgIpc) is 2.91. The van der Waals surface area contributed by atoms with E-state index in [0.29, 0.717) is 18.8 Å². The summed E-state index contributed by atoms with van der Waals surface area (Å²) in [4.78, 5) is 0.253. The highest BCUT2D eigenvalue weighted by Crippen LogP contribution is 2.21. The Morgan fingerprint density at radius 1 is 1.25 bits per heavy atom. The van der Waals surface area contributed by atoms with Gasteiger partial charge in [0.25, 0.3) is 0 Å². The maximum atomic E-state index is 12.2. The van der Waals surface area contributed by atoms with Gasteiger partial charge in [-0.2, -0.15) is 0 Å². The number of hydrogen-bond donors (Lipinski definition) is 1. The van der Waals surface area contributed by atoms with E-state index in [4.69, 9.17) is 4.74 Å². The quantitative estimate of drug-likeness (QED) is 0.883. The Balaban J connectivity index is 2.04. The van der Waals surface area contributed by atoms with Crippen molar-refractivity contribution in [3.8, 4) is 5.75 Å². The van der Waals surface area contributed by atoms with Crippen LogP contribution in [0.25, 0.3) is 0 Å². The summed E-state index contributed by atoms with van der Waals surface area (Å²) in [6, 6.07) is 8.62. The van der Waals surface area contributed by atoms with Gasteiger partial charge in [-0.05, 0) is 42.8 Å². The molecule has 1 N–H and O–H groups in total. The maximum absolute atomic E-state index is 12.2. The van der Waals surface area contributed by atoms with Gasteiger partial charge in [-0.15, -0.1) is 0 Å². The predicted molar refractivity (Wildman–Crippen MR) is 77.4 cm³/mol. The van der Waals surface area contributed by atoms with E-state index in [-0.39, 0.29) is 4.90 Å². The number of hydrogen-bond acceptors (Lipinski definition) is 3. The molecule has 0 amide bonds. The number of sulfonamides is 1. The Hall–Kier alpha value is -1.79. The van der Waals surface area contributed by atoms with Crippen LogP contribution in [0.15, 0.2) is 47.6 Å². The topological polar surface area (TPSA) is 60.3 Å². The molecule has 1 aromatic heterocycles. The van der Waals surface area contributed by atoms with Crippen molar-refractivity contribution in [3.63, 3.8) is 0 Å². The minimum Gasteiger partial charge on any atom is -0.496 e. The molecule has 0 spiro atoms. The second-order valence-corrected chi connectivity index (χ2v) is 6.22. The summed E-state index contributed by atoms with van der Waals surface area (Å²) in [5, 5.41) is 0. The number of rotatable bonds is 6. The second-order valence-electron chi connectivity index (χ2n) is 4.45. The Labute approximate surface area is 119 Å². The monoisotopic (exact) mass is 294 g/mol. The third-order valence-corrected chi connectivity index (χ3v) is 4.46. The fourth-order valence-electron chi connectivity index (χ4n) is 1.93. The van der Waals surface area contributed by atoms with Crippen LogP contribution >= 0.6 is 0 Å². The zero-order valence-corrected chi connectivity index (χ0v) is 12.4.